The molecule has 2 bridgehead atoms. The van der Waals surface area contributed by atoms with Gasteiger partial charge >= 0.3 is 0 Å². The van der Waals surface area contributed by atoms with Crippen molar-refractivity contribution in [2.45, 2.75) is 57.4 Å². The molecule has 5 rings (SSSR count). The van der Waals surface area contributed by atoms with Crippen LogP contribution in [0.4, 0.5) is 0 Å². The fourth-order valence-electron chi connectivity index (χ4n) is 5.01. The van der Waals surface area contributed by atoms with Gasteiger partial charge in [0.25, 0.3) is 0 Å². The van der Waals surface area contributed by atoms with Crippen molar-refractivity contribution < 1.29 is 4.79 Å². The molecule has 0 aromatic heterocycles. The van der Waals surface area contributed by atoms with Crippen molar-refractivity contribution in [2.75, 3.05) is 19.6 Å². The van der Waals surface area contributed by atoms with Crippen molar-refractivity contribution in [3.05, 3.63) is 35.9 Å². The van der Waals surface area contributed by atoms with Crippen molar-refractivity contribution in [1.29, 1.82) is 0 Å². The summed E-state index contributed by atoms with van der Waals surface area (Å²) in [7, 11) is 0. The van der Waals surface area contributed by atoms with Gasteiger partial charge < -0.3 is 10.2 Å². The van der Waals surface area contributed by atoms with Crippen LogP contribution in [0.1, 0.15) is 50.5 Å². The molecule has 3 saturated carbocycles. The minimum Gasteiger partial charge on any atom is -0.352 e. The number of amides is 1. The molecule has 130 valence electrons. The summed E-state index contributed by atoms with van der Waals surface area (Å²) in [5.74, 6) is 1.29. The van der Waals surface area contributed by atoms with Crippen LogP contribution in [0.5, 0.6) is 0 Å². The van der Waals surface area contributed by atoms with Crippen LogP contribution in [-0.4, -0.2) is 36.5 Å². The highest BCUT2D eigenvalue weighted by Crippen LogP contribution is 2.50. The highest BCUT2D eigenvalue weighted by Gasteiger charge is 2.46. The maximum absolute atomic E-state index is 12.9. The first-order valence-electron chi connectivity index (χ1n) is 9.81. The lowest BCUT2D eigenvalue weighted by Gasteiger charge is -2.45. The van der Waals surface area contributed by atoms with Gasteiger partial charge in [0.15, 0.2) is 0 Å². The lowest BCUT2D eigenvalue weighted by atomic mass is 9.60. The zero-order valence-corrected chi connectivity index (χ0v) is 14.7. The molecule has 0 unspecified atom stereocenters. The Hall–Kier alpha value is -1.35. The quantitative estimate of drug-likeness (QED) is 0.899. The van der Waals surface area contributed by atoms with E-state index in [2.05, 4.69) is 40.5 Å². The minimum absolute atomic E-state index is 0.00773. The van der Waals surface area contributed by atoms with Gasteiger partial charge in [0.1, 0.15) is 0 Å². The second-order valence-electron chi connectivity index (χ2n) is 8.26. The Morgan fingerprint density at radius 2 is 1.79 bits per heavy atom. The van der Waals surface area contributed by atoms with E-state index in [1.807, 2.05) is 0 Å². The minimum atomic E-state index is -0.00773. The molecule has 1 heterocycles. The third-order valence-electron chi connectivity index (χ3n) is 6.74. The van der Waals surface area contributed by atoms with E-state index in [0.29, 0.717) is 11.9 Å². The molecule has 3 aliphatic carbocycles. The van der Waals surface area contributed by atoms with Gasteiger partial charge in [-0.05, 0) is 62.8 Å². The second kappa shape index (κ2) is 6.87. The highest BCUT2D eigenvalue weighted by molar-refractivity contribution is 5.83. The molecule has 1 amide bonds. The van der Waals surface area contributed by atoms with Gasteiger partial charge in [0.2, 0.25) is 5.91 Å². The summed E-state index contributed by atoms with van der Waals surface area (Å²) < 4.78 is 0. The lowest BCUT2D eigenvalue weighted by Crippen LogP contribution is -2.50. The average molecular weight is 326 g/mol. The Labute approximate surface area is 145 Å². The van der Waals surface area contributed by atoms with Crippen LogP contribution in [0, 0.1) is 11.3 Å². The summed E-state index contributed by atoms with van der Waals surface area (Å²) in [5, 5.41) is 3.41. The van der Waals surface area contributed by atoms with E-state index in [-0.39, 0.29) is 5.41 Å². The number of nitrogens with zero attached hydrogens (tertiary/aromatic N) is 1. The topological polar surface area (TPSA) is 32.3 Å². The van der Waals surface area contributed by atoms with Crippen molar-refractivity contribution in [2.24, 2.45) is 11.3 Å². The zero-order valence-electron chi connectivity index (χ0n) is 14.7. The summed E-state index contributed by atoms with van der Waals surface area (Å²) >= 11 is 0. The third kappa shape index (κ3) is 3.37. The van der Waals surface area contributed by atoms with E-state index in [9.17, 15) is 4.79 Å². The molecule has 3 nitrogen and oxygen atoms in total. The molecule has 1 aromatic carbocycles. The Bertz CT molecular complexity index is 549. The van der Waals surface area contributed by atoms with Gasteiger partial charge in [-0.2, -0.15) is 0 Å². The summed E-state index contributed by atoms with van der Waals surface area (Å²) in [5.41, 5.74) is 1.40. The molecule has 0 spiro atoms. The van der Waals surface area contributed by atoms with Crippen molar-refractivity contribution >= 4 is 5.91 Å². The number of rotatable bonds is 5. The summed E-state index contributed by atoms with van der Waals surface area (Å²) in [6.45, 7) is 3.24. The van der Waals surface area contributed by atoms with Gasteiger partial charge in [-0.25, -0.2) is 0 Å². The molecule has 24 heavy (non-hydrogen) atoms. The number of nitrogens with one attached hydrogen (secondary N) is 1. The molecule has 0 radical (unpaired) electrons. The molecule has 1 atom stereocenters. The fraction of sp³-hybridized carbons (Fsp3) is 0.667. The second-order valence-corrected chi connectivity index (χ2v) is 8.26. The van der Waals surface area contributed by atoms with Crippen LogP contribution in [0.25, 0.3) is 0 Å². The van der Waals surface area contributed by atoms with Gasteiger partial charge in [-0.1, -0.05) is 30.3 Å². The molecule has 1 N–H and O–H groups in total. The zero-order chi connectivity index (χ0) is 16.4. The van der Waals surface area contributed by atoms with E-state index in [0.717, 1.165) is 57.7 Å². The van der Waals surface area contributed by atoms with Crippen LogP contribution in [0.2, 0.25) is 0 Å². The molecular formula is C21H30N2O. The molecule has 4 aliphatic rings. The average Bonchev–Trinajstić information content (AvgIpc) is 3.10. The number of carbonyl (C=O) groups is 1. The number of carbonyl (C=O) groups excluding carboxylic acids is 1. The maximum Gasteiger partial charge on any atom is 0.226 e. The van der Waals surface area contributed by atoms with Crippen LogP contribution in [0.15, 0.2) is 30.3 Å². The Morgan fingerprint density at radius 3 is 2.50 bits per heavy atom. The van der Waals surface area contributed by atoms with E-state index in [1.54, 1.807) is 0 Å². The first-order chi connectivity index (χ1) is 11.7. The van der Waals surface area contributed by atoms with Crippen LogP contribution in [-0.2, 0) is 11.2 Å². The number of hydrogen-bond acceptors (Lipinski definition) is 2. The monoisotopic (exact) mass is 326 g/mol. The summed E-state index contributed by atoms with van der Waals surface area (Å²) in [6, 6.07) is 11.1. The van der Waals surface area contributed by atoms with E-state index in [4.69, 9.17) is 0 Å². The van der Waals surface area contributed by atoms with E-state index >= 15 is 0 Å². The standard InChI is InChI=1S/C21H30N2O/c24-20(21-11-6-18(7-12-21)8-13-21)22-19-10-15-23(16-19)14-9-17-4-2-1-3-5-17/h1-5,18-19H,6-16H2,(H,22,24)/t18?,19-,21?/m0/s1. The number of fused-ring (bicyclic) bond motifs is 3. The summed E-state index contributed by atoms with van der Waals surface area (Å²) in [6.07, 6.45) is 9.45. The number of hydrogen-bond donors (Lipinski definition) is 1. The van der Waals surface area contributed by atoms with E-state index < -0.39 is 0 Å². The van der Waals surface area contributed by atoms with Crippen molar-refractivity contribution in [3.63, 3.8) is 0 Å². The lowest BCUT2D eigenvalue weighted by molar-refractivity contribution is -0.137. The van der Waals surface area contributed by atoms with Crippen LogP contribution < -0.4 is 5.32 Å². The first-order valence-corrected chi connectivity index (χ1v) is 9.81. The van der Waals surface area contributed by atoms with E-state index in [1.165, 1.54) is 24.8 Å². The molecule has 1 aliphatic heterocycles. The molecule has 4 fully saturated rings. The maximum atomic E-state index is 12.9. The normalized spacial score (nSPS) is 32.8. The van der Waals surface area contributed by atoms with Crippen LogP contribution in [0.3, 0.4) is 0 Å². The number of likely N-dealkylation sites (tertiary alicyclic amines) is 1. The van der Waals surface area contributed by atoms with Gasteiger partial charge in [0.05, 0.1) is 0 Å². The van der Waals surface area contributed by atoms with Gasteiger partial charge in [-0.3, -0.25) is 4.79 Å². The predicted molar refractivity (Wildman–Crippen MR) is 96.8 cm³/mol. The van der Waals surface area contributed by atoms with Gasteiger partial charge in [0, 0.05) is 31.1 Å². The fourth-order valence-corrected chi connectivity index (χ4v) is 5.01. The van der Waals surface area contributed by atoms with Crippen molar-refractivity contribution in [3.8, 4) is 0 Å². The largest absolute Gasteiger partial charge is 0.352 e. The molecule has 3 heteroatoms. The highest BCUT2D eigenvalue weighted by atomic mass is 16.2. The molecule has 1 aromatic rings. The Kier molecular flexibility index (Phi) is 4.62. The Morgan fingerprint density at radius 1 is 1.08 bits per heavy atom. The van der Waals surface area contributed by atoms with Crippen molar-refractivity contribution in [1.82, 2.24) is 10.2 Å². The predicted octanol–water partition coefficient (Wildman–Crippen LogP) is 3.39. The molecule has 1 saturated heterocycles. The first kappa shape index (κ1) is 16.1. The number of benzene rings is 1. The summed E-state index contributed by atoms with van der Waals surface area (Å²) in [4.78, 5) is 15.4. The SMILES string of the molecule is O=C(N[C@H]1CCN(CCc2ccccc2)C1)C12CCC(CC1)CC2. The molecular weight excluding hydrogens is 296 g/mol. The van der Waals surface area contributed by atoms with Crippen LogP contribution >= 0.6 is 0 Å². The third-order valence-corrected chi connectivity index (χ3v) is 6.74. The Balaban J connectivity index is 1.25. The smallest absolute Gasteiger partial charge is 0.226 e. The van der Waals surface area contributed by atoms with Gasteiger partial charge in [-0.15, -0.1) is 0 Å².